The van der Waals surface area contributed by atoms with Crippen LogP contribution in [0, 0.1) is 0 Å². The van der Waals surface area contributed by atoms with Gasteiger partial charge in [-0.25, -0.2) is 13.4 Å². The van der Waals surface area contributed by atoms with Crippen LogP contribution in [0.4, 0.5) is 5.13 Å². The summed E-state index contributed by atoms with van der Waals surface area (Å²) in [4.78, 5) is 17.9. The summed E-state index contributed by atoms with van der Waals surface area (Å²) in [5, 5.41) is 5.88. The van der Waals surface area contributed by atoms with Gasteiger partial charge in [0.2, 0.25) is 5.13 Å². The van der Waals surface area contributed by atoms with Crippen LogP contribution in [0.25, 0.3) is 10.2 Å². The molecule has 0 bridgehead atoms. The summed E-state index contributed by atoms with van der Waals surface area (Å²) < 4.78 is 32.4. The van der Waals surface area contributed by atoms with Crippen molar-refractivity contribution in [1.82, 2.24) is 4.98 Å². The van der Waals surface area contributed by atoms with Crippen LogP contribution in [0.5, 0.6) is 5.75 Å². The van der Waals surface area contributed by atoms with Gasteiger partial charge in [-0.1, -0.05) is 57.6 Å². The summed E-state index contributed by atoms with van der Waals surface area (Å²) in [6, 6.07) is 20.9. The van der Waals surface area contributed by atoms with Crippen molar-refractivity contribution in [3.63, 3.8) is 0 Å². The van der Waals surface area contributed by atoms with E-state index in [1.54, 1.807) is 43.7 Å². The van der Waals surface area contributed by atoms with Gasteiger partial charge in [-0.2, -0.15) is 10.1 Å². The number of anilines is 1. The minimum absolute atomic E-state index is 0.180. The molecule has 0 aliphatic rings. The van der Waals surface area contributed by atoms with Gasteiger partial charge in [0.25, 0.3) is 5.91 Å². The molecule has 0 spiro atoms. The van der Waals surface area contributed by atoms with Gasteiger partial charge in [0.05, 0.1) is 34.2 Å². The van der Waals surface area contributed by atoms with Crippen LogP contribution in [0.15, 0.2) is 87.3 Å². The Balaban J connectivity index is 1.63. The highest BCUT2D eigenvalue weighted by atomic mass is 79.9. The number of fused-ring (bicyclic) bond motifs is 1. The first-order valence-corrected chi connectivity index (χ1v) is 13.5. The number of nitrogens with zero attached hydrogens (tertiary/aromatic N) is 3. The largest absolute Gasteiger partial charge is 0.497 e. The number of halogens is 1. The summed E-state index contributed by atoms with van der Waals surface area (Å²) in [5.41, 5.74) is 1.47. The number of hydrazone groups is 1. The van der Waals surface area contributed by atoms with E-state index in [1.807, 2.05) is 30.3 Å². The SMILES string of the molecule is COc1ccc2nc(N(/N=C/c3ccc(Br)cc3)C(=O)CCS(=O)(=O)c3ccccc3)sc2c1. The van der Waals surface area contributed by atoms with Gasteiger partial charge in [-0.15, -0.1) is 0 Å². The van der Waals surface area contributed by atoms with E-state index in [9.17, 15) is 13.2 Å². The molecule has 10 heteroatoms. The van der Waals surface area contributed by atoms with Gasteiger partial charge < -0.3 is 4.74 Å². The Bertz CT molecular complexity index is 1440. The first-order chi connectivity index (χ1) is 16.4. The van der Waals surface area contributed by atoms with Crippen LogP contribution in [-0.4, -0.2) is 38.4 Å². The minimum atomic E-state index is -3.61. The molecule has 34 heavy (non-hydrogen) atoms. The van der Waals surface area contributed by atoms with Crippen LogP contribution < -0.4 is 9.75 Å². The normalized spacial score (nSPS) is 11.7. The number of aromatic nitrogens is 1. The quantitative estimate of drug-likeness (QED) is 0.216. The molecule has 0 aliphatic heterocycles. The second-order valence-corrected chi connectivity index (χ2v) is 11.2. The van der Waals surface area contributed by atoms with Crippen molar-refractivity contribution < 1.29 is 17.9 Å². The molecule has 4 aromatic rings. The Labute approximate surface area is 209 Å². The van der Waals surface area contributed by atoms with Gasteiger partial charge in [0.1, 0.15) is 5.75 Å². The van der Waals surface area contributed by atoms with Crippen molar-refractivity contribution in [2.75, 3.05) is 17.9 Å². The van der Waals surface area contributed by atoms with Gasteiger partial charge in [-0.3, -0.25) is 4.79 Å². The molecule has 0 saturated heterocycles. The number of benzene rings is 3. The summed E-state index contributed by atoms with van der Waals surface area (Å²) in [5.74, 6) is -0.134. The highest BCUT2D eigenvalue weighted by Crippen LogP contribution is 2.32. The molecule has 0 atom stereocenters. The van der Waals surface area contributed by atoms with Gasteiger partial charge in [0, 0.05) is 10.9 Å². The fraction of sp³-hybridized carbons (Fsp3) is 0.125. The van der Waals surface area contributed by atoms with Gasteiger partial charge >= 0.3 is 0 Å². The highest BCUT2D eigenvalue weighted by molar-refractivity contribution is 9.10. The molecule has 3 aromatic carbocycles. The van der Waals surface area contributed by atoms with E-state index in [-0.39, 0.29) is 17.1 Å². The van der Waals surface area contributed by atoms with Gasteiger partial charge in [-0.05, 0) is 48.0 Å². The number of methoxy groups -OCH3 is 1. The van der Waals surface area contributed by atoms with Crippen LogP contribution in [0.1, 0.15) is 12.0 Å². The zero-order chi connectivity index (χ0) is 24.1. The van der Waals surface area contributed by atoms with Crippen molar-refractivity contribution in [2.24, 2.45) is 5.10 Å². The standard InChI is InChI=1S/C24H20BrN3O4S2/c1-32-19-11-12-21-22(15-19)33-24(27-21)28(26-16-17-7-9-18(25)10-8-17)23(29)13-14-34(30,31)20-5-3-2-4-6-20/h2-12,15-16H,13-14H2,1H3/b26-16+. The summed E-state index contributed by atoms with van der Waals surface area (Å²) in [6.07, 6.45) is 1.30. The maximum absolute atomic E-state index is 13.2. The molecule has 0 aliphatic carbocycles. The highest BCUT2D eigenvalue weighted by Gasteiger charge is 2.23. The lowest BCUT2D eigenvalue weighted by Gasteiger charge is -2.14. The molecule has 0 saturated carbocycles. The lowest BCUT2D eigenvalue weighted by Crippen LogP contribution is -2.27. The zero-order valence-corrected chi connectivity index (χ0v) is 21.3. The predicted molar refractivity (Wildman–Crippen MR) is 139 cm³/mol. The number of carbonyl (C=O) groups is 1. The zero-order valence-electron chi connectivity index (χ0n) is 18.1. The molecule has 1 amide bonds. The molecule has 1 aromatic heterocycles. The van der Waals surface area contributed by atoms with Crippen molar-refractivity contribution in [1.29, 1.82) is 0 Å². The van der Waals surface area contributed by atoms with Crippen LogP contribution in [-0.2, 0) is 14.6 Å². The Kier molecular flexibility index (Phi) is 7.40. The summed E-state index contributed by atoms with van der Waals surface area (Å²) in [7, 11) is -2.04. The number of ether oxygens (including phenoxy) is 1. The minimum Gasteiger partial charge on any atom is -0.497 e. The van der Waals surface area contributed by atoms with E-state index < -0.39 is 15.7 Å². The maximum Gasteiger partial charge on any atom is 0.250 e. The fourth-order valence-electron chi connectivity index (χ4n) is 3.08. The molecule has 0 fully saturated rings. The number of amides is 1. The lowest BCUT2D eigenvalue weighted by molar-refractivity contribution is -0.118. The molecule has 0 N–H and O–H groups in total. The number of rotatable bonds is 8. The molecule has 0 radical (unpaired) electrons. The van der Waals surface area contributed by atoms with E-state index in [0.717, 1.165) is 14.7 Å². The molecular weight excluding hydrogens is 538 g/mol. The topological polar surface area (TPSA) is 88.9 Å². The first kappa shape index (κ1) is 24.1. The van der Waals surface area contributed by atoms with E-state index >= 15 is 0 Å². The molecular formula is C24H20BrN3O4S2. The van der Waals surface area contributed by atoms with Crippen LogP contribution >= 0.6 is 27.3 Å². The van der Waals surface area contributed by atoms with Crippen LogP contribution in [0.3, 0.4) is 0 Å². The third-order valence-electron chi connectivity index (χ3n) is 4.88. The Morgan fingerprint density at radius 1 is 1.12 bits per heavy atom. The molecule has 4 rings (SSSR count). The number of carbonyl (C=O) groups excluding carboxylic acids is 1. The third kappa shape index (κ3) is 5.69. The Hall–Kier alpha value is -3.08. The van der Waals surface area contributed by atoms with Gasteiger partial charge in [0.15, 0.2) is 9.84 Å². The monoisotopic (exact) mass is 557 g/mol. The second-order valence-electron chi connectivity index (χ2n) is 7.21. The van der Waals surface area contributed by atoms with E-state index in [2.05, 4.69) is 26.0 Å². The van der Waals surface area contributed by atoms with E-state index in [1.165, 1.54) is 28.5 Å². The van der Waals surface area contributed by atoms with Crippen molar-refractivity contribution in [3.05, 3.63) is 82.8 Å². The average Bonchev–Trinajstić information content (AvgIpc) is 3.27. The van der Waals surface area contributed by atoms with Crippen LogP contribution in [0.2, 0.25) is 0 Å². The Morgan fingerprint density at radius 2 is 1.85 bits per heavy atom. The fourth-order valence-corrected chi connectivity index (χ4v) is 5.56. The van der Waals surface area contributed by atoms with E-state index in [4.69, 9.17) is 4.74 Å². The number of sulfone groups is 1. The lowest BCUT2D eigenvalue weighted by atomic mass is 10.2. The first-order valence-electron chi connectivity index (χ1n) is 10.2. The summed E-state index contributed by atoms with van der Waals surface area (Å²) >= 11 is 4.66. The number of hydrogen-bond acceptors (Lipinski definition) is 7. The van der Waals surface area contributed by atoms with E-state index in [0.29, 0.717) is 16.4 Å². The number of thiazole rings is 1. The molecule has 174 valence electrons. The Morgan fingerprint density at radius 3 is 2.56 bits per heavy atom. The van der Waals surface area contributed by atoms with Crippen molar-refractivity contribution in [2.45, 2.75) is 11.3 Å². The van der Waals surface area contributed by atoms with Crippen molar-refractivity contribution in [3.8, 4) is 5.75 Å². The van der Waals surface area contributed by atoms with Crippen molar-refractivity contribution >= 4 is 64.6 Å². The molecule has 0 unspecified atom stereocenters. The third-order valence-corrected chi connectivity index (χ3v) is 8.14. The second kappa shape index (κ2) is 10.5. The smallest absolute Gasteiger partial charge is 0.250 e. The average molecular weight is 558 g/mol. The summed E-state index contributed by atoms with van der Waals surface area (Å²) in [6.45, 7) is 0. The molecule has 1 heterocycles. The number of hydrogen-bond donors (Lipinski definition) is 0. The molecule has 7 nitrogen and oxygen atoms in total. The predicted octanol–water partition coefficient (Wildman–Crippen LogP) is 5.30. The maximum atomic E-state index is 13.2.